The molecule has 2 atom stereocenters. The second-order valence-electron chi connectivity index (χ2n) is 31.8. The summed E-state index contributed by atoms with van der Waals surface area (Å²) >= 11 is 9.40. The van der Waals surface area contributed by atoms with Crippen molar-refractivity contribution in [3.63, 3.8) is 0 Å². The quantitative estimate of drug-likeness (QED) is 0.0328. The number of phenolic OH excluding ortho intramolecular Hbond substituents is 2. The molecule has 0 aliphatic heterocycles. The van der Waals surface area contributed by atoms with E-state index in [9.17, 15) is 39.6 Å². The Hall–Kier alpha value is -11.6. The van der Waals surface area contributed by atoms with E-state index in [0.29, 0.717) is 59.0 Å². The average Bonchev–Trinajstić information content (AvgIpc) is 1.59. The van der Waals surface area contributed by atoms with Crippen molar-refractivity contribution >= 4 is 231 Å². The lowest BCUT2D eigenvalue weighted by Gasteiger charge is -2.15. The van der Waals surface area contributed by atoms with Crippen LogP contribution < -0.4 is 0 Å². The van der Waals surface area contributed by atoms with Crippen LogP contribution in [0.15, 0.2) is 303 Å². The number of aromatic carboxylic acids is 2. The highest BCUT2D eigenvalue weighted by atomic mass is 33.5. The third-order valence-corrected chi connectivity index (χ3v) is 46.0. The molecule has 0 saturated carbocycles. The van der Waals surface area contributed by atoms with Crippen LogP contribution in [0.2, 0.25) is 0 Å². The van der Waals surface area contributed by atoms with Crippen LogP contribution >= 0.6 is 0 Å². The summed E-state index contributed by atoms with van der Waals surface area (Å²) in [5, 5.41) is 54.0. The van der Waals surface area contributed by atoms with Crippen molar-refractivity contribution in [3.8, 4) is 90.2 Å². The third-order valence-electron chi connectivity index (χ3n) is 23.8. The van der Waals surface area contributed by atoms with E-state index in [1.54, 1.807) is 110 Å². The molecule has 18 rings (SSSR count). The number of nitrogens with zero attached hydrogens (tertiary/aromatic N) is 4. The Kier molecular flexibility index (Phi) is 31.9. The number of esters is 2. The SMILES string of the molecule is CCCCC(CC)COC(=O)c1ccc(-c2ccc3c4ccc(-c5ccc(C(=O)OCC(CC)CCCC)cc5)cc4c4c(nc(-c5cc6ccccc6cc5O)n4-c4ccccc4)c3c2)cc1.O=C(O)c1ccc(-c2ccc3c4ccc(-c5ccc(C(=O)O)cc5)cc4c4c(nc(-c5cc6ccccc6cc5O)n4-c4ccccc4)c3c2)cc1.S=S=S=S=S=S=S=S=S=S=S=S=S. The van der Waals surface area contributed by atoms with E-state index in [1.807, 2.05) is 194 Å². The van der Waals surface area contributed by atoms with Gasteiger partial charge in [-0.3, -0.25) is 9.13 Å². The number of para-hydroxylation sites is 2. The van der Waals surface area contributed by atoms with Crippen LogP contribution in [0.1, 0.15) is 120 Å². The highest BCUT2D eigenvalue weighted by Crippen LogP contribution is 2.47. The highest BCUT2D eigenvalue weighted by molar-refractivity contribution is 8.75. The van der Waals surface area contributed by atoms with Gasteiger partial charge in [-0.15, -0.1) is 0 Å². The fraction of sp³-hybridized carbons (Fsp3) is 0.151. The molecule has 0 amide bonds. The predicted octanol–water partition coefficient (Wildman–Crippen LogP) is 26.5. The summed E-state index contributed by atoms with van der Waals surface area (Å²) in [5.41, 5.74) is 15.2. The van der Waals surface area contributed by atoms with E-state index in [4.69, 9.17) is 41.8 Å². The molecule has 0 aliphatic rings. The normalized spacial score (nSPS) is 11.5. The van der Waals surface area contributed by atoms with Crippen molar-refractivity contribution in [3.05, 3.63) is 326 Å². The van der Waals surface area contributed by atoms with Gasteiger partial charge in [-0.05, 0) is 234 Å². The zero-order valence-corrected chi connectivity index (χ0v) is 83.0. The first kappa shape index (κ1) is 94.6. The van der Waals surface area contributed by atoms with Crippen molar-refractivity contribution in [1.82, 2.24) is 19.1 Å². The Balaban J connectivity index is 0.000000175. The molecule has 133 heavy (non-hydrogen) atoms. The number of hydrogen-bond acceptors (Lipinski definition) is 12. The molecule has 670 valence electrons. The first-order valence-corrected chi connectivity index (χ1v) is 59.2. The second-order valence-corrected chi connectivity index (χ2v) is 51.2. The minimum Gasteiger partial charge on any atom is -0.507 e. The molecule has 0 bridgehead atoms. The average molecular weight is 1990 g/mol. The van der Waals surface area contributed by atoms with Gasteiger partial charge in [-0.1, -0.05) is 248 Å². The summed E-state index contributed by atoms with van der Waals surface area (Å²) in [4.78, 5) is 60.4. The lowest BCUT2D eigenvalue weighted by Crippen LogP contribution is -2.14. The summed E-state index contributed by atoms with van der Waals surface area (Å²) in [5.74, 6) is -0.384. The summed E-state index contributed by atoms with van der Waals surface area (Å²) in [6.45, 7) is 9.54. The minimum atomic E-state index is -0.980. The van der Waals surface area contributed by atoms with Crippen LogP contribution in [0.5, 0.6) is 11.5 Å². The molecular formula is C106H88N4O10S13. The van der Waals surface area contributed by atoms with Gasteiger partial charge in [0.05, 0.1) is 68.7 Å². The van der Waals surface area contributed by atoms with Crippen molar-refractivity contribution in [2.75, 3.05) is 13.2 Å². The van der Waals surface area contributed by atoms with Gasteiger partial charge < -0.3 is 29.9 Å². The van der Waals surface area contributed by atoms with Crippen LogP contribution in [0.25, 0.3) is 165 Å². The number of hydrogen-bond donors (Lipinski definition) is 4. The fourth-order valence-electron chi connectivity index (χ4n) is 16.8. The smallest absolute Gasteiger partial charge is 0.338 e. The van der Waals surface area contributed by atoms with Crippen LogP contribution in [0.4, 0.5) is 0 Å². The molecule has 2 heterocycles. The molecule has 0 radical (unpaired) electrons. The molecule has 2 unspecified atom stereocenters. The standard InChI is InChI=1S/C61H60N2O5.C45H28N2O5.S13/c1-5-9-16-40(7-3)38-67-60(65)44-26-22-42(23-27-44)48-30-32-51-52-33-31-49(43-24-28-45(29-25-43)61(66)68-39-41(8-4)17-10-6-2)35-54(52)58-57(53(51)34-48)62-59(63(58)50-20-12-11-13-21-50)55-36-46-18-14-15-19-47(46)37-56(55)64;48-40-25-31-7-5-4-6-30(31)24-39(40)43-46-41-37-22-32(26-10-14-28(15-11-26)44(49)50)18-20-35(37)36-21-19-33(27-12-16-29(17-13-27)45(51)52)23-38(36)42(41)47(43)34-8-2-1-3-9-34;1-3-5-7-9-11-13-12-10-8-6-4-2/h11-15,18-37,40-41,64H,5-10,16-17,38-39H2,1-4H3;1-25,48H,(H,49,50)(H,51,52);. The Morgan fingerprint density at radius 1 is 0.331 bits per heavy atom. The number of ether oxygens (including phenoxy) is 2. The zero-order valence-electron chi connectivity index (χ0n) is 72.4. The first-order valence-electron chi connectivity index (χ1n) is 43.2. The lowest BCUT2D eigenvalue weighted by molar-refractivity contribution is 0.0419. The fourth-order valence-corrected chi connectivity index (χ4v) is 41.5. The van der Waals surface area contributed by atoms with Gasteiger partial charge in [-0.2, -0.15) is 0 Å². The predicted molar refractivity (Wildman–Crippen MR) is 580 cm³/mol. The number of unbranched alkanes of at least 4 members (excludes halogenated alkanes) is 2. The van der Waals surface area contributed by atoms with Crippen LogP contribution in [0, 0.1) is 11.8 Å². The van der Waals surface area contributed by atoms with Crippen molar-refractivity contribution in [2.24, 2.45) is 11.8 Å². The van der Waals surface area contributed by atoms with Crippen molar-refractivity contribution < 1.29 is 49.1 Å². The topological polar surface area (TPSA) is 203 Å². The summed E-state index contributed by atoms with van der Waals surface area (Å²) < 4.78 is 15.9. The van der Waals surface area contributed by atoms with E-state index < -0.39 is 11.9 Å². The van der Waals surface area contributed by atoms with Gasteiger partial charge in [0, 0.05) is 153 Å². The van der Waals surface area contributed by atoms with Crippen LogP contribution in [-0.2, 0) is 130 Å². The zero-order chi connectivity index (χ0) is 92.4. The van der Waals surface area contributed by atoms with E-state index in [0.717, 1.165) is 194 Å². The number of phenols is 2. The molecule has 4 N–H and O–H groups in total. The highest BCUT2D eigenvalue weighted by Gasteiger charge is 2.27. The number of fused-ring (bicyclic) bond motifs is 14. The second kappa shape index (κ2) is 44.9. The monoisotopic (exact) mass is 1990 g/mol. The van der Waals surface area contributed by atoms with E-state index in [1.165, 1.54) is 17.8 Å². The molecule has 0 saturated heterocycles. The van der Waals surface area contributed by atoms with E-state index in [-0.39, 0.29) is 34.6 Å². The van der Waals surface area contributed by atoms with Crippen LogP contribution in [-0.4, -0.2) is 76.6 Å². The number of rotatable bonds is 24. The molecule has 0 spiro atoms. The summed E-state index contributed by atoms with van der Waals surface area (Å²) in [7, 11) is 18.1. The van der Waals surface area contributed by atoms with Gasteiger partial charge in [-0.25, -0.2) is 29.1 Å². The number of carboxylic acids is 2. The Bertz CT molecular complexity index is 8030. The molecule has 14 nitrogen and oxygen atoms in total. The first-order chi connectivity index (χ1) is 65.0. The Morgan fingerprint density at radius 2 is 0.617 bits per heavy atom. The number of carboxylic acid groups (broad SMARTS) is 2. The maximum Gasteiger partial charge on any atom is 0.338 e. The lowest BCUT2D eigenvalue weighted by atomic mass is 9.93. The number of carbonyl (C=O) groups is 4. The van der Waals surface area contributed by atoms with Gasteiger partial charge in [0.2, 0.25) is 0 Å². The van der Waals surface area contributed by atoms with E-state index >= 15 is 0 Å². The van der Waals surface area contributed by atoms with Crippen molar-refractivity contribution in [1.29, 1.82) is 0 Å². The van der Waals surface area contributed by atoms with Gasteiger partial charge in [0.25, 0.3) is 0 Å². The van der Waals surface area contributed by atoms with Gasteiger partial charge in [0.15, 0.2) is 0 Å². The number of aromatic hydroxyl groups is 2. The van der Waals surface area contributed by atoms with Gasteiger partial charge >= 0.3 is 23.9 Å². The van der Waals surface area contributed by atoms with E-state index in [2.05, 4.69) is 116 Å². The molecule has 16 aromatic carbocycles. The molecule has 27 heteroatoms. The molecule has 0 fully saturated rings. The largest absolute Gasteiger partial charge is 0.507 e. The third kappa shape index (κ3) is 21.8. The maximum absolute atomic E-state index is 13.2. The minimum absolute atomic E-state index is 0.109. The summed E-state index contributed by atoms with van der Waals surface area (Å²) in [6.07, 6.45) is 8.61. The number of aromatic nitrogens is 4. The van der Waals surface area contributed by atoms with Gasteiger partial charge in [0.1, 0.15) is 23.1 Å². The van der Waals surface area contributed by atoms with Crippen LogP contribution in [0.3, 0.4) is 0 Å². The van der Waals surface area contributed by atoms with Crippen molar-refractivity contribution in [2.45, 2.75) is 79.1 Å². The molecule has 2 aromatic heterocycles. The Morgan fingerprint density at radius 3 is 0.925 bits per heavy atom. The maximum atomic E-state index is 13.2. The number of carbonyl (C=O) groups excluding carboxylic acids is 2. The number of imidazole rings is 2. The Labute approximate surface area is 810 Å². The molecule has 18 aromatic rings. The summed E-state index contributed by atoms with van der Waals surface area (Å²) in [6, 6.07) is 98.2. The molecular weight excluding hydrogens is 1910 g/mol. The number of benzene rings is 16. The molecule has 0 aliphatic carbocycles.